The standard InChI is InChI=1S/C28H37N3O4.C2H7N/c1-18(2)35-23-12-10-21(11-13-23)29-28-30-24-16-20(9-14-27(32)34-5)26(33-4)17-25(24)31(28)22-8-6-7-19(3)15-22;1-3-2/h10-13,16-19,22H,6-9,14-15H2,1-5H3,(H,29,30);3H,1-2H3. The average molecular weight is 525 g/mol. The molecule has 0 bridgehead atoms. The fourth-order valence-electron chi connectivity index (χ4n) is 5.00. The highest BCUT2D eigenvalue weighted by atomic mass is 16.5. The molecule has 2 aromatic carbocycles. The largest absolute Gasteiger partial charge is 0.496 e. The van der Waals surface area contributed by atoms with E-state index in [2.05, 4.69) is 28.2 Å². The molecular formula is C30H44N4O4. The van der Waals surface area contributed by atoms with Gasteiger partial charge >= 0.3 is 5.97 Å². The van der Waals surface area contributed by atoms with Gasteiger partial charge in [0.15, 0.2) is 0 Å². The number of rotatable bonds is 9. The van der Waals surface area contributed by atoms with Gasteiger partial charge in [-0.2, -0.15) is 0 Å². The van der Waals surface area contributed by atoms with Gasteiger partial charge in [0.05, 0.1) is 31.4 Å². The Morgan fingerprint density at radius 2 is 1.84 bits per heavy atom. The van der Waals surface area contributed by atoms with Crippen molar-refractivity contribution in [2.45, 2.75) is 71.4 Å². The Hall–Kier alpha value is -3.26. The van der Waals surface area contributed by atoms with Crippen molar-refractivity contribution in [2.75, 3.05) is 33.6 Å². The van der Waals surface area contributed by atoms with Gasteiger partial charge in [-0.15, -0.1) is 0 Å². The van der Waals surface area contributed by atoms with Crippen molar-refractivity contribution in [1.29, 1.82) is 0 Å². The number of ether oxygens (including phenoxy) is 3. The Labute approximate surface area is 227 Å². The van der Waals surface area contributed by atoms with Crippen molar-refractivity contribution in [2.24, 2.45) is 5.92 Å². The summed E-state index contributed by atoms with van der Waals surface area (Å²) in [4.78, 5) is 16.7. The number of nitrogens with zero attached hydrogens (tertiary/aromatic N) is 2. The highest BCUT2D eigenvalue weighted by Gasteiger charge is 2.26. The molecule has 1 saturated carbocycles. The summed E-state index contributed by atoms with van der Waals surface area (Å²) < 4.78 is 18.7. The molecule has 0 amide bonds. The molecule has 0 radical (unpaired) electrons. The smallest absolute Gasteiger partial charge is 0.305 e. The van der Waals surface area contributed by atoms with Crippen molar-refractivity contribution in [1.82, 2.24) is 14.9 Å². The lowest BCUT2D eigenvalue weighted by Gasteiger charge is -2.29. The van der Waals surface area contributed by atoms with Crippen LogP contribution in [0.4, 0.5) is 11.6 Å². The predicted molar refractivity (Wildman–Crippen MR) is 154 cm³/mol. The average Bonchev–Trinajstić information content (AvgIpc) is 3.24. The van der Waals surface area contributed by atoms with Gasteiger partial charge in [0, 0.05) is 24.2 Å². The Bertz CT molecular complexity index is 1170. The molecule has 1 heterocycles. The molecule has 3 aromatic rings. The van der Waals surface area contributed by atoms with Crippen LogP contribution in [-0.2, 0) is 16.0 Å². The number of hydrogen-bond acceptors (Lipinski definition) is 7. The van der Waals surface area contributed by atoms with E-state index in [4.69, 9.17) is 19.2 Å². The number of carbonyl (C=O) groups is 1. The third-order valence-electron chi connectivity index (χ3n) is 6.67. The van der Waals surface area contributed by atoms with Crippen molar-refractivity contribution in [3.05, 3.63) is 42.0 Å². The fourth-order valence-corrected chi connectivity index (χ4v) is 5.00. The summed E-state index contributed by atoms with van der Waals surface area (Å²) in [5.74, 6) is 2.88. The monoisotopic (exact) mass is 524 g/mol. The van der Waals surface area contributed by atoms with Crippen LogP contribution in [0.25, 0.3) is 11.0 Å². The first-order valence-corrected chi connectivity index (χ1v) is 13.6. The van der Waals surface area contributed by atoms with E-state index < -0.39 is 0 Å². The molecule has 0 spiro atoms. The highest BCUT2D eigenvalue weighted by molar-refractivity contribution is 5.83. The molecule has 1 aliphatic carbocycles. The third kappa shape index (κ3) is 7.63. The molecule has 1 aromatic heterocycles. The lowest BCUT2D eigenvalue weighted by molar-refractivity contribution is -0.140. The van der Waals surface area contributed by atoms with Crippen LogP contribution in [0.2, 0.25) is 0 Å². The van der Waals surface area contributed by atoms with Gasteiger partial charge in [-0.3, -0.25) is 4.79 Å². The second kappa shape index (κ2) is 14.0. The first-order valence-electron chi connectivity index (χ1n) is 13.6. The minimum Gasteiger partial charge on any atom is -0.496 e. The molecule has 8 heteroatoms. The Morgan fingerprint density at radius 3 is 2.45 bits per heavy atom. The lowest BCUT2D eigenvalue weighted by atomic mass is 9.87. The maximum absolute atomic E-state index is 11.7. The molecule has 1 aliphatic rings. The van der Waals surface area contributed by atoms with Gasteiger partial charge in [0.25, 0.3) is 0 Å². The van der Waals surface area contributed by atoms with Crippen LogP contribution in [0.1, 0.15) is 64.5 Å². The van der Waals surface area contributed by atoms with E-state index in [-0.39, 0.29) is 12.1 Å². The van der Waals surface area contributed by atoms with E-state index in [1.54, 1.807) is 7.11 Å². The van der Waals surface area contributed by atoms with E-state index in [0.29, 0.717) is 24.8 Å². The molecule has 8 nitrogen and oxygen atoms in total. The predicted octanol–water partition coefficient (Wildman–Crippen LogP) is 6.27. The third-order valence-corrected chi connectivity index (χ3v) is 6.67. The van der Waals surface area contributed by atoms with Crippen LogP contribution in [0.5, 0.6) is 11.5 Å². The number of benzene rings is 2. The van der Waals surface area contributed by atoms with Crippen LogP contribution in [-0.4, -0.2) is 49.9 Å². The van der Waals surface area contributed by atoms with E-state index in [1.165, 1.54) is 20.0 Å². The van der Waals surface area contributed by atoms with Gasteiger partial charge in [-0.25, -0.2) is 4.98 Å². The summed E-state index contributed by atoms with van der Waals surface area (Å²) in [6, 6.07) is 12.5. The zero-order valence-corrected chi connectivity index (χ0v) is 24.0. The van der Waals surface area contributed by atoms with Crippen molar-refractivity contribution >= 4 is 28.6 Å². The molecule has 208 valence electrons. The number of methoxy groups -OCH3 is 2. The molecule has 4 rings (SSSR count). The minimum atomic E-state index is -0.235. The maximum atomic E-state index is 11.7. The number of esters is 1. The number of aryl methyl sites for hydroxylation is 1. The van der Waals surface area contributed by atoms with Gasteiger partial charge in [0.2, 0.25) is 5.95 Å². The van der Waals surface area contributed by atoms with E-state index >= 15 is 0 Å². The van der Waals surface area contributed by atoms with Crippen LogP contribution in [0.3, 0.4) is 0 Å². The van der Waals surface area contributed by atoms with E-state index in [0.717, 1.165) is 52.6 Å². The molecule has 38 heavy (non-hydrogen) atoms. The van der Waals surface area contributed by atoms with Gasteiger partial charge < -0.3 is 29.4 Å². The summed E-state index contributed by atoms with van der Waals surface area (Å²) in [7, 11) is 6.83. The van der Waals surface area contributed by atoms with Crippen LogP contribution < -0.4 is 20.1 Å². The van der Waals surface area contributed by atoms with Gasteiger partial charge in [0.1, 0.15) is 11.5 Å². The quantitative estimate of drug-likeness (QED) is 0.319. The van der Waals surface area contributed by atoms with E-state index in [1.807, 2.05) is 58.3 Å². The first kappa shape index (κ1) is 29.3. The number of nitrogens with one attached hydrogen (secondary N) is 2. The SMILES string of the molecule is CNC.COC(=O)CCc1cc2nc(Nc3ccc(OC(C)C)cc3)n(C3CCCC(C)C3)c2cc1OC. The van der Waals surface area contributed by atoms with Gasteiger partial charge in [-0.05, 0) is 89.0 Å². The highest BCUT2D eigenvalue weighted by Crippen LogP contribution is 2.39. The number of anilines is 2. The lowest BCUT2D eigenvalue weighted by Crippen LogP contribution is -2.19. The summed E-state index contributed by atoms with van der Waals surface area (Å²) in [6.07, 6.45) is 5.69. The topological polar surface area (TPSA) is 86.6 Å². The van der Waals surface area contributed by atoms with Crippen molar-refractivity contribution in [3.8, 4) is 11.5 Å². The number of aromatic nitrogens is 2. The molecule has 1 fully saturated rings. The normalized spacial score (nSPS) is 17.1. The zero-order valence-electron chi connectivity index (χ0n) is 24.0. The molecular weight excluding hydrogens is 480 g/mol. The maximum Gasteiger partial charge on any atom is 0.305 e. The van der Waals surface area contributed by atoms with Crippen molar-refractivity contribution < 1.29 is 19.0 Å². The number of carbonyl (C=O) groups excluding carboxylic acids is 1. The number of hydrogen-bond donors (Lipinski definition) is 2. The Kier molecular flexibility index (Phi) is 10.8. The zero-order chi connectivity index (χ0) is 27.7. The van der Waals surface area contributed by atoms with Crippen molar-refractivity contribution in [3.63, 3.8) is 0 Å². The van der Waals surface area contributed by atoms with Crippen LogP contribution in [0.15, 0.2) is 36.4 Å². The number of fused-ring (bicyclic) bond motifs is 1. The molecule has 2 N–H and O–H groups in total. The van der Waals surface area contributed by atoms with E-state index in [9.17, 15) is 4.79 Å². The Balaban J connectivity index is 0.00000127. The molecule has 0 aliphatic heterocycles. The first-order chi connectivity index (χ1) is 18.3. The number of imidazole rings is 1. The summed E-state index contributed by atoms with van der Waals surface area (Å²) in [5, 5.41) is 6.30. The minimum absolute atomic E-state index is 0.134. The summed E-state index contributed by atoms with van der Waals surface area (Å²) in [5.41, 5.74) is 3.85. The van der Waals surface area contributed by atoms with Crippen LogP contribution in [0, 0.1) is 5.92 Å². The Morgan fingerprint density at radius 1 is 1.13 bits per heavy atom. The second-order valence-corrected chi connectivity index (χ2v) is 10.3. The fraction of sp³-hybridized carbons (Fsp3) is 0.533. The summed E-state index contributed by atoms with van der Waals surface area (Å²) >= 11 is 0. The van der Waals surface area contributed by atoms with Gasteiger partial charge in [-0.1, -0.05) is 19.8 Å². The van der Waals surface area contributed by atoms with Crippen LogP contribution >= 0.6 is 0 Å². The summed E-state index contributed by atoms with van der Waals surface area (Å²) in [6.45, 7) is 6.37. The second-order valence-electron chi connectivity index (χ2n) is 10.3. The molecule has 2 atom stereocenters. The molecule has 2 unspecified atom stereocenters. The molecule has 0 saturated heterocycles.